The topological polar surface area (TPSA) is 73.4 Å². The molecule has 2 N–H and O–H groups in total. The molecule has 31 heavy (non-hydrogen) atoms. The molecule has 1 aliphatic heterocycles. The molecule has 2 heterocycles. The van der Waals surface area contributed by atoms with Gasteiger partial charge in [-0.2, -0.15) is 0 Å². The highest BCUT2D eigenvalue weighted by molar-refractivity contribution is 6.21. The Hall–Kier alpha value is -3.86. The number of hydrogen-bond acceptors (Lipinski definition) is 3. The Balaban J connectivity index is 1.56. The van der Waals surface area contributed by atoms with Crippen molar-refractivity contribution in [3.05, 3.63) is 88.5 Å². The van der Waals surface area contributed by atoms with E-state index < -0.39 is 0 Å². The molecule has 2 amide bonds. The summed E-state index contributed by atoms with van der Waals surface area (Å²) in [5.74, 6) is -0.326. The number of aryl methyl sites for hydroxylation is 2. The van der Waals surface area contributed by atoms with E-state index in [-0.39, 0.29) is 24.1 Å². The van der Waals surface area contributed by atoms with Crippen molar-refractivity contribution in [2.75, 3.05) is 6.54 Å². The van der Waals surface area contributed by atoms with Gasteiger partial charge in [-0.3, -0.25) is 14.5 Å². The van der Waals surface area contributed by atoms with Gasteiger partial charge < -0.3 is 10.1 Å². The minimum absolute atomic E-state index is 0.181. The molecule has 0 aliphatic carbocycles. The summed E-state index contributed by atoms with van der Waals surface area (Å²) in [6.45, 7) is 4.39. The summed E-state index contributed by atoms with van der Waals surface area (Å²) in [7, 11) is 0. The molecule has 5 rings (SSSR count). The standard InChI is InChI=1S/C26H22N2O3/c1-15-11-16(2)13-17(12-15)24-19(22-14-18(29)7-8-23(22)27-24)9-10-28-25(30)20-5-3-4-6-21(20)26(28)31/h3-8,11-14,27,29H,9-10H2,1-2H3. The summed E-state index contributed by atoms with van der Waals surface area (Å²) in [6.07, 6.45) is 0.483. The number of benzene rings is 3. The fourth-order valence-electron chi connectivity index (χ4n) is 4.53. The average Bonchev–Trinajstić information content (AvgIpc) is 3.21. The number of nitrogens with one attached hydrogen (secondary N) is 1. The Morgan fingerprint density at radius 2 is 1.52 bits per heavy atom. The van der Waals surface area contributed by atoms with Crippen molar-refractivity contribution >= 4 is 22.7 Å². The largest absolute Gasteiger partial charge is 0.508 e. The Morgan fingerprint density at radius 3 is 2.16 bits per heavy atom. The third kappa shape index (κ3) is 3.19. The second-order valence-electron chi connectivity index (χ2n) is 8.14. The van der Waals surface area contributed by atoms with Crippen LogP contribution in [0.3, 0.4) is 0 Å². The van der Waals surface area contributed by atoms with Gasteiger partial charge in [-0.25, -0.2) is 0 Å². The first-order chi connectivity index (χ1) is 14.9. The number of imide groups is 1. The second kappa shape index (κ2) is 7.13. The molecule has 0 saturated carbocycles. The van der Waals surface area contributed by atoms with E-state index in [1.54, 1.807) is 36.4 Å². The summed E-state index contributed by atoms with van der Waals surface area (Å²) >= 11 is 0. The molecule has 1 aliphatic rings. The van der Waals surface area contributed by atoms with Crippen LogP contribution in [-0.2, 0) is 6.42 Å². The predicted octanol–water partition coefficient (Wildman–Crippen LogP) is 5.00. The van der Waals surface area contributed by atoms with Crippen molar-refractivity contribution in [3.8, 4) is 17.0 Å². The SMILES string of the molecule is Cc1cc(C)cc(-c2[nH]c3ccc(O)cc3c2CCN2C(=O)c3ccccc3C2=O)c1. The van der Waals surface area contributed by atoms with Crippen molar-refractivity contribution in [1.82, 2.24) is 9.88 Å². The first-order valence-electron chi connectivity index (χ1n) is 10.3. The van der Waals surface area contributed by atoms with Crippen LogP contribution in [0.25, 0.3) is 22.2 Å². The van der Waals surface area contributed by atoms with Crippen LogP contribution in [0.2, 0.25) is 0 Å². The zero-order valence-electron chi connectivity index (χ0n) is 17.4. The van der Waals surface area contributed by atoms with Crippen molar-refractivity contribution in [2.45, 2.75) is 20.3 Å². The van der Waals surface area contributed by atoms with Gasteiger partial charge in [-0.1, -0.05) is 29.3 Å². The predicted molar refractivity (Wildman–Crippen MR) is 120 cm³/mol. The summed E-state index contributed by atoms with van der Waals surface area (Å²) in [4.78, 5) is 30.4. The van der Waals surface area contributed by atoms with Gasteiger partial charge in [0.25, 0.3) is 11.8 Å². The van der Waals surface area contributed by atoms with Crippen LogP contribution in [0.5, 0.6) is 5.75 Å². The zero-order chi connectivity index (χ0) is 21.7. The molecule has 0 spiro atoms. The van der Waals surface area contributed by atoms with Crippen LogP contribution in [-0.4, -0.2) is 33.3 Å². The molecule has 0 fully saturated rings. The molecule has 154 valence electrons. The van der Waals surface area contributed by atoms with Crippen LogP contribution in [0.1, 0.15) is 37.4 Å². The lowest BCUT2D eigenvalue weighted by molar-refractivity contribution is 0.0656. The number of fused-ring (bicyclic) bond motifs is 2. The second-order valence-corrected chi connectivity index (χ2v) is 8.14. The van der Waals surface area contributed by atoms with Crippen molar-refractivity contribution < 1.29 is 14.7 Å². The Morgan fingerprint density at radius 1 is 0.871 bits per heavy atom. The Labute approximate surface area is 179 Å². The first-order valence-corrected chi connectivity index (χ1v) is 10.3. The van der Waals surface area contributed by atoms with E-state index in [1.165, 1.54) is 4.90 Å². The normalized spacial score (nSPS) is 13.3. The number of aromatic amines is 1. The summed E-state index contributed by atoms with van der Waals surface area (Å²) in [6, 6.07) is 18.5. The summed E-state index contributed by atoms with van der Waals surface area (Å²) < 4.78 is 0. The minimum atomic E-state index is -0.253. The van der Waals surface area contributed by atoms with E-state index in [2.05, 4.69) is 37.0 Å². The third-order valence-electron chi connectivity index (χ3n) is 5.86. The van der Waals surface area contributed by atoms with Crippen LogP contribution < -0.4 is 0 Å². The first kappa shape index (κ1) is 19.1. The van der Waals surface area contributed by atoms with Crippen LogP contribution >= 0.6 is 0 Å². The minimum Gasteiger partial charge on any atom is -0.508 e. The molecule has 0 unspecified atom stereocenters. The van der Waals surface area contributed by atoms with Gasteiger partial charge in [0.05, 0.1) is 11.1 Å². The number of carbonyl (C=O) groups excluding carboxylic acids is 2. The van der Waals surface area contributed by atoms with E-state index in [0.717, 1.165) is 38.9 Å². The highest BCUT2D eigenvalue weighted by Crippen LogP contribution is 2.34. The van der Waals surface area contributed by atoms with Gasteiger partial charge in [0.15, 0.2) is 0 Å². The van der Waals surface area contributed by atoms with E-state index >= 15 is 0 Å². The third-order valence-corrected chi connectivity index (χ3v) is 5.86. The highest BCUT2D eigenvalue weighted by atomic mass is 16.3. The molecule has 5 nitrogen and oxygen atoms in total. The van der Waals surface area contributed by atoms with Crippen molar-refractivity contribution in [3.63, 3.8) is 0 Å². The lowest BCUT2D eigenvalue weighted by atomic mass is 9.99. The maximum absolute atomic E-state index is 12.8. The molecule has 0 atom stereocenters. The van der Waals surface area contributed by atoms with Crippen molar-refractivity contribution in [2.24, 2.45) is 0 Å². The Bertz CT molecular complexity index is 1310. The molecule has 3 aromatic carbocycles. The van der Waals surface area contributed by atoms with Gasteiger partial charge in [-0.05, 0) is 73.9 Å². The van der Waals surface area contributed by atoms with Gasteiger partial charge in [0.2, 0.25) is 0 Å². The number of rotatable bonds is 4. The monoisotopic (exact) mass is 410 g/mol. The van der Waals surface area contributed by atoms with Crippen LogP contribution in [0.4, 0.5) is 0 Å². The number of nitrogens with zero attached hydrogens (tertiary/aromatic N) is 1. The molecule has 0 bridgehead atoms. The smallest absolute Gasteiger partial charge is 0.261 e. The van der Waals surface area contributed by atoms with Crippen LogP contribution in [0, 0.1) is 13.8 Å². The van der Waals surface area contributed by atoms with Gasteiger partial charge in [-0.15, -0.1) is 0 Å². The lowest BCUT2D eigenvalue weighted by Crippen LogP contribution is -2.31. The number of phenolic OH excluding ortho intramolecular Hbond substituents is 1. The maximum atomic E-state index is 12.8. The summed E-state index contributed by atoms with van der Waals surface area (Å²) in [5.41, 5.74) is 7.11. The van der Waals surface area contributed by atoms with Crippen LogP contribution in [0.15, 0.2) is 60.7 Å². The number of phenols is 1. The van der Waals surface area contributed by atoms with Crippen molar-refractivity contribution in [1.29, 1.82) is 0 Å². The molecular weight excluding hydrogens is 388 g/mol. The lowest BCUT2D eigenvalue weighted by Gasteiger charge is -2.15. The Kier molecular flexibility index (Phi) is 4.40. The molecule has 0 saturated heterocycles. The summed E-state index contributed by atoms with van der Waals surface area (Å²) in [5, 5.41) is 11.0. The van der Waals surface area contributed by atoms with Gasteiger partial charge in [0.1, 0.15) is 5.75 Å². The zero-order valence-corrected chi connectivity index (χ0v) is 17.4. The van der Waals surface area contributed by atoms with Gasteiger partial charge in [0, 0.05) is 23.1 Å². The quantitative estimate of drug-likeness (QED) is 0.465. The highest BCUT2D eigenvalue weighted by Gasteiger charge is 2.35. The fraction of sp³-hybridized carbons (Fsp3) is 0.154. The molecule has 5 heteroatoms. The fourth-order valence-corrected chi connectivity index (χ4v) is 4.53. The molecule has 4 aromatic rings. The number of carbonyl (C=O) groups is 2. The van der Waals surface area contributed by atoms with E-state index in [9.17, 15) is 14.7 Å². The van der Waals surface area contributed by atoms with E-state index in [4.69, 9.17) is 0 Å². The number of aromatic hydroxyl groups is 1. The van der Waals surface area contributed by atoms with E-state index in [0.29, 0.717) is 17.5 Å². The van der Waals surface area contributed by atoms with E-state index in [1.807, 2.05) is 6.07 Å². The number of aromatic nitrogens is 1. The molecular formula is C26H22N2O3. The number of amides is 2. The average molecular weight is 410 g/mol. The molecule has 0 radical (unpaired) electrons. The number of hydrogen-bond donors (Lipinski definition) is 2. The van der Waals surface area contributed by atoms with Gasteiger partial charge >= 0.3 is 0 Å². The maximum Gasteiger partial charge on any atom is 0.261 e. The molecule has 1 aromatic heterocycles. The number of H-pyrrole nitrogens is 1.